The van der Waals surface area contributed by atoms with Crippen molar-refractivity contribution < 1.29 is 14.4 Å². The van der Waals surface area contributed by atoms with Gasteiger partial charge in [0.25, 0.3) is 17.7 Å². The van der Waals surface area contributed by atoms with Gasteiger partial charge < -0.3 is 0 Å². The highest BCUT2D eigenvalue weighted by Crippen LogP contribution is 2.23. The van der Waals surface area contributed by atoms with Gasteiger partial charge in [0.05, 0.1) is 29.1 Å². The van der Waals surface area contributed by atoms with Crippen LogP contribution < -0.4 is 0 Å². The Labute approximate surface area is 167 Å². The van der Waals surface area contributed by atoms with E-state index in [9.17, 15) is 14.4 Å². The van der Waals surface area contributed by atoms with Crippen molar-refractivity contribution >= 4 is 35.2 Å². The molecule has 2 aliphatic heterocycles. The second-order valence-corrected chi connectivity index (χ2v) is 7.64. The molecule has 0 saturated heterocycles. The lowest BCUT2D eigenvalue weighted by Crippen LogP contribution is -2.32. The van der Waals surface area contributed by atoms with Crippen LogP contribution >= 0.6 is 11.8 Å². The van der Waals surface area contributed by atoms with Crippen molar-refractivity contribution in [1.29, 1.82) is 0 Å². The number of amides is 3. The molecule has 0 aromatic heterocycles. The summed E-state index contributed by atoms with van der Waals surface area (Å²) in [5.74, 6) is 0.210. The van der Waals surface area contributed by atoms with E-state index < -0.39 is 0 Å². The van der Waals surface area contributed by atoms with Crippen LogP contribution in [0.3, 0.4) is 0 Å². The van der Waals surface area contributed by atoms with Gasteiger partial charge in [-0.05, 0) is 17.7 Å². The SMILES string of the molecule is O=C(CSCCN1C(=O)c2ccccc2C1=O)N1CCC(c2ccccc2)=N1. The molecule has 0 aliphatic carbocycles. The van der Waals surface area contributed by atoms with Crippen LogP contribution in [-0.2, 0) is 4.79 Å². The molecule has 0 N–H and O–H groups in total. The van der Waals surface area contributed by atoms with Crippen molar-refractivity contribution in [2.24, 2.45) is 5.10 Å². The summed E-state index contributed by atoms with van der Waals surface area (Å²) in [6.07, 6.45) is 0.745. The highest BCUT2D eigenvalue weighted by molar-refractivity contribution is 7.99. The molecule has 142 valence electrons. The molecule has 0 atom stereocenters. The molecule has 0 radical (unpaired) electrons. The molecule has 0 spiro atoms. The van der Waals surface area contributed by atoms with E-state index in [2.05, 4.69) is 5.10 Å². The summed E-state index contributed by atoms with van der Waals surface area (Å²) in [5.41, 5.74) is 2.86. The first-order chi connectivity index (χ1) is 13.6. The van der Waals surface area contributed by atoms with Gasteiger partial charge in [-0.15, -0.1) is 0 Å². The zero-order chi connectivity index (χ0) is 19.5. The molecule has 0 unspecified atom stereocenters. The van der Waals surface area contributed by atoms with Crippen LogP contribution in [0.1, 0.15) is 32.7 Å². The Morgan fingerprint density at radius 2 is 1.61 bits per heavy atom. The Morgan fingerprint density at radius 1 is 0.964 bits per heavy atom. The maximum atomic E-state index is 12.4. The lowest BCUT2D eigenvalue weighted by Gasteiger charge is -2.14. The van der Waals surface area contributed by atoms with Gasteiger partial charge in [-0.2, -0.15) is 16.9 Å². The fraction of sp³-hybridized carbons (Fsp3) is 0.238. The van der Waals surface area contributed by atoms with E-state index in [0.29, 0.717) is 30.0 Å². The van der Waals surface area contributed by atoms with Crippen LogP contribution in [-0.4, -0.2) is 57.9 Å². The van der Waals surface area contributed by atoms with Gasteiger partial charge in [-0.25, -0.2) is 5.01 Å². The molecule has 3 amide bonds. The lowest BCUT2D eigenvalue weighted by atomic mass is 10.1. The molecular formula is C21H19N3O3S. The van der Waals surface area contributed by atoms with E-state index in [1.807, 2.05) is 30.3 Å². The lowest BCUT2D eigenvalue weighted by molar-refractivity contribution is -0.127. The predicted molar refractivity (Wildman–Crippen MR) is 108 cm³/mol. The zero-order valence-electron chi connectivity index (χ0n) is 15.2. The summed E-state index contributed by atoms with van der Waals surface area (Å²) in [6, 6.07) is 16.7. The first-order valence-electron chi connectivity index (χ1n) is 9.11. The van der Waals surface area contributed by atoms with Gasteiger partial charge in [0.2, 0.25) is 0 Å². The molecule has 28 heavy (non-hydrogen) atoms. The van der Waals surface area contributed by atoms with Crippen LogP contribution in [0.25, 0.3) is 0 Å². The Kier molecular flexibility index (Phi) is 5.25. The van der Waals surface area contributed by atoms with Gasteiger partial charge in [-0.3, -0.25) is 19.3 Å². The van der Waals surface area contributed by atoms with Crippen molar-refractivity contribution in [3.63, 3.8) is 0 Å². The number of carbonyl (C=O) groups is 3. The predicted octanol–water partition coefficient (Wildman–Crippen LogP) is 2.65. The number of imide groups is 1. The first-order valence-corrected chi connectivity index (χ1v) is 10.3. The Balaban J connectivity index is 1.26. The summed E-state index contributed by atoms with van der Waals surface area (Å²) >= 11 is 1.41. The molecule has 0 fully saturated rings. The summed E-state index contributed by atoms with van der Waals surface area (Å²) < 4.78 is 0. The third kappa shape index (κ3) is 3.57. The number of benzene rings is 2. The molecule has 2 aromatic rings. The summed E-state index contributed by atoms with van der Waals surface area (Å²) in [5, 5.41) is 5.95. The fourth-order valence-corrected chi connectivity index (χ4v) is 4.08. The smallest absolute Gasteiger partial charge is 0.261 e. The van der Waals surface area contributed by atoms with E-state index in [-0.39, 0.29) is 23.5 Å². The highest BCUT2D eigenvalue weighted by atomic mass is 32.2. The topological polar surface area (TPSA) is 70.1 Å². The van der Waals surface area contributed by atoms with E-state index in [0.717, 1.165) is 17.7 Å². The van der Waals surface area contributed by atoms with Crippen LogP contribution in [0, 0.1) is 0 Å². The third-order valence-electron chi connectivity index (χ3n) is 4.76. The summed E-state index contributed by atoms with van der Waals surface area (Å²) in [7, 11) is 0. The monoisotopic (exact) mass is 393 g/mol. The fourth-order valence-electron chi connectivity index (χ4n) is 3.30. The van der Waals surface area contributed by atoms with Crippen molar-refractivity contribution in [1.82, 2.24) is 9.91 Å². The van der Waals surface area contributed by atoms with Gasteiger partial charge in [0, 0.05) is 18.7 Å². The van der Waals surface area contributed by atoms with E-state index in [1.54, 1.807) is 24.3 Å². The summed E-state index contributed by atoms with van der Waals surface area (Å²) in [6.45, 7) is 0.880. The Hall–Kier alpha value is -2.93. The molecule has 2 aromatic carbocycles. The molecule has 4 rings (SSSR count). The van der Waals surface area contributed by atoms with E-state index in [4.69, 9.17) is 0 Å². The number of thioether (sulfide) groups is 1. The number of carbonyl (C=O) groups excluding carboxylic acids is 3. The average Bonchev–Trinajstić information content (AvgIpc) is 3.32. The molecule has 2 heterocycles. The number of hydrogen-bond donors (Lipinski definition) is 0. The second kappa shape index (κ2) is 7.98. The normalized spacial score (nSPS) is 15.8. The van der Waals surface area contributed by atoms with Crippen LogP contribution in [0.5, 0.6) is 0 Å². The molecular weight excluding hydrogens is 374 g/mol. The molecule has 2 aliphatic rings. The van der Waals surface area contributed by atoms with Crippen LogP contribution in [0.2, 0.25) is 0 Å². The number of rotatable bonds is 6. The molecule has 7 heteroatoms. The van der Waals surface area contributed by atoms with Crippen LogP contribution in [0.15, 0.2) is 59.7 Å². The standard InChI is InChI=1S/C21H19N3O3S/c25-19(24-11-10-18(22-24)15-6-2-1-3-7-15)14-28-13-12-23-20(26)16-8-4-5-9-17(16)21(23)27/h1-9H,10-14H2. The largest absolute Gasteiger partial charge is 0.274 e. The molecule has 0 saturated carbocycles. The summed E-state index contributed by atoms with van der Waals surface area (Å²) in [4.78, 5) is 38.3. The maximum Gasteiger partial charge on any atom is 0.261 e. The minimum absolute atomic E-state index is 0.0571. The molecule has 0 bridgehead atoms. The first kappa shape index (κ1) is 18.4. The van der Waals surface area contributed by atoms with Crippen molar-refractivity contribution in [3.05, 3.63) is 71.3 Å². The minimum Gasteiger partial charge on any atom is -0.274 e. The highest BCUT2D eigenvalue weighted by Gasteiger charge is 2.34. The van der Waals surface area contributed by atoms with Gasteiger partial charge in [0.1, 0.15) is 0 Å². The van der Waals surface area contributed by atoms with Crippen LogP contribution in [0.4, 0.5) is 0 Å². The quantitative estimate of drug-likeness (QED) is 0.559. The second-order valence-electron chi connectivity index (χ2n) is 6.54. The van der Waals surface area contributed by atoms with Gasteiger partial charge in [-0.1, -0.05) is 42.5 Å². The number of fused-ring (bicyclic) bond motifs is 1. The minimum atomic E-state index is -0.260. The van der Waals surface area contributed by atoms with Crippen molar-refractivity contribution in [2.45, 2.75) is 6.42 Å². The van der Waals surface area contributed by atoms with Crippen molar-refractivity contribution in [2.75, 3.05) is 24.6 Å². The molecule has 6 nitrogen and oxygen atoms in total. The maximum absolute atomic E-state index is 12.4. The van der Waals surface area contributed by atoms with E-state index >= 15 is 0 Å². The van der Waals surface area contributed by atoms with Crippen molar-refractivity contribution in [3.8, 4) is 0 Å². The van der Waals surface area contributed by atoms with Gasteiger partial charge in [0.15, 0.2) is 0 Å². The van der Waals surface area contributed by atoms with Gasteiger partial charge >= 0.3 is 0 Å². The Bertz CT molecular complexity index is 923. The number of nitrogens with zero attached hydrogens (tertiary/aromatic N) is 3. The zero-order valence-corrected chi connectivity index (χ0v) is 16.0. The number of hydrogen-bond acceptors (Lipinski definition) is 5. The third-order valence-corrected chi connectivity index (χ3v) is 5.68. The van der Waals surface area contributed by atoms with E-state index in [1.165, 1.54) is 21.7 Å². The average molecular weight is 393 g/mol. The number of hydrazone groups is 1. The Morgan fingerprint density at radius 3 is 2.29 bits per heavy atom.